The van der Waals surface area contributed by atoms with Crippen LogP contribution < -0.4 is 14.8 Å². The number of benzene rings is 2. The van der Waals surface area contributed by atoms with E-state index in [0.29, 0.717) is 37.4 Å². The smallest absolute Gasteiger partial charge is 0.334 e. The number of terminal acetylenes is 1. The average Bonchev–Trinajstić information content (AvgIpc) is 2.96. The summed E-state index contributed by atoms with van der Waals surface area (Å²) in [4.78, 5) is 44.3. The molecular formula is C31H39N5O5. The van der Waals surface area contributed by atoms with Crippen molar-refractivity contribution in [3.05, 3.63) is 59.7 Å². The van der Waals surface area contributed by atoms with Gasteiger partial charge in [0.25, 0.3) is 0 Å². The molecule has 2 saturated heterocycles. The molecule has 10 heteroatoms. The second kappa shape index (κ2) is 13.4. The standard InChI is InChI=1S/C31H39N5O5/c1-6-15-34-21-29(37)35-25(17-22(2)3)30(38)33(16-14-23-12-13-26(40-4)27(18-23)41-5)20-28(35)36(34)31(39)32-19-24-10-8-7-9-11-24/h1,7-13,18,22,25,28H,14-17,19-21H2,2-5H3,(H,32,39)/t25-,28-/m0/s1. The molecule has 1 N–H and O–H groups in total. The van der Waals surface area contributed by atoms with Crippen LogP contribution >= 0.6 is 0 Å². The second-order valence-corrected chi connectivity index (χ2v) is 10.7. The Labute approximate surface area is 242 Å². The Hall–Kier alpha value is -4.23. The number of urea groups is 1. The summed E-state index contributed by atoms with van der Waals surface area (Å²) in [6, 6.07) is 14.2. The largest absolute Gasteiger partial charge is 0.493 e. The first-order chi connectivity index (χ1) is 19.8. The summed E-state index contributed by atoms with van der Waals surface area (Å²) in [5.74, 6) is 3.65. The van der Waals surface area contributed by atoms with Gasteiger partial charge in [-0.2, -0.15) is 5.01 Å². The molecule has 2 atom stereocenters. The van der Waals surface area contributed by atoms with Crippen LogP contribution in [0.2, 0.25) is 0 Å². The summed E-state index contributed by atoms with van der Waals surface area (Å²) in [7, 11) is 3.17. The number of carbonyl (C=O) groups excluding carboxylic acids is 3. The van der Waals surface area contributed by atoms with Crippen LogP contribution in [0.5, 0.6) is 11.5 Å². The molecule has 0 unspecified atom stereocenters. The lowest BCUT2D eigenvalue weighted by molar-refractivity contribution is -0.189. The maximum atomic E-state index is 13.8. The summed E-state index contributed by atoms with van der Waals surface area (Å²) >= 11 is 0. The number of nitrogens with zero attached hydrogens (tertiary/aromatic N) is 4. The molecule has 0 aliphatic carbocycles. The van der Waals surface area contributed by atoms with Crippen LogP contribution in [0.4, 0.5) is 4.79 Å². The number of nitrogens with one attached hydrogen (secondary N) is 1. The van der Waals surface area contributed by atoms with Crippen molar-refractivity contribution in [1.29, 1.82) is 0 Å². The second-order valence-electron chi connectivity index (χ2n) is 10.7. The lowest BCUT2D eigenvalue weighted by Crippen LogP contribution is -2.76. The van der Waals surface area contributed by atoms with E-state index in [1.54, 1.807) is 29.0 Å². The molecule has 2 fully saturated rings. The number of amides is 4. The minimum Gasteiger partial charge on any atom is -0.493 e. The SMILES string of the molecule is C#CCN1CC(=O)N2[C@@H](CC(C)C)C(=O)N(CCc3ccc(OC)c(OC)c3)C[C@@H]2N1C(=O)NCc1ccccc1. The predicted octanol–water partition coefficient (Wildman–Crippen LogP) is 2.73. The third-order valence-corrected chi connectivity index (χ3v) is 7.41. The fraction of sp³-hybridized carbons (Fsp3) is 0.452. The Morgan fingerprint density at radius 1 is 1.07 bits per heavy atom. The van der Waals surface area contributed by atoms with Gasteiger partial charge in [0, 0.05) is 13.1 Å². The molecule has 2 aliphatic rings. The van der Waals surface area contributed by atoms with Crippen molar-refractivity contribution in [3.63, 3.8) is 0 Å². The van der Waals surface area contributed by atoms with Gasteiger partial charge >= 0.3 is 6.03 Å². The van der Waals surface area contributed by atoms with Gasteiger partial charge in [0.2, 0.25) is 11.8 Å². The fourth-order valence-electron chi connectivity index (χ4n) is 5.47. The minimum atomic E-state index is -0.688. The number of hydrazine groups is 1. The lowest BCUT2D eigenvalue weighted by atomic mass is 9.96. The van der Waals surface area contributed by atoms with E-state index in [1.807, 2.05) is 62.4 Å². The first kappa shape index (κ1) is 29.7. The number of hydrogen-bond acceptors (Lipinski definition) is 6. The van der Waals surface area contributed by atoms with Crippen molar-refractivity contribution >= 4 is 17.8 Å². The molecule has 2 aromatic carbocycles. The first-order valence-electron chi connectivity index (χ1n) is 13.9. The predicted molar refractivity (Wildman–Crippen MR) is 155 cm³/mol. The molecular weight excluding hydrogens is 522 g/mol. The number of rotatable bonds is 10. The van der Waals surface area contributed by atoms with Gasteiger partial charge in [0.15, 0.2) is 11.5 Å². The van der Waals surface area contributed by atoms with E-state index in [1.165, 1.54) is 5.01 Å². The van der Waals surface area contributed by atoms with Gasteiger partial charge in [-0.15, -0.1) is 6.42 Å². The Balaban J connectivity index is 1.61. The highest BCUT2D eigenvalue weighted by Crippen LogP contribution is 2.31. The van der Waals surface area contributed by atoms with Gasteiger partial charge in [-0.3, -0.25) is 9.59 Å². The minimum absolute atomic E-state index is 0.0764. The first-order valence-corrected chi connectivity index (χ1v) is 13.9. The normalized spacial score (nSPS) is 19.2. The van der Waals surface area contributed by atoms with Crippen LogP contribution in [0.1, 0.15) is 31.4 Å². The molecule has 0 saturated carbocycles. The van der Waals surface area contributed by atoms with E-state index in [2.05, 4.69) is 11.2 Å². The van der Waals surface area contributed by atoms with E-state index in [4.69, 9.17) is 15.9 Å². The summed E-state index contributed by atoms with van der Waals surface area (Å²) in [5, 5.41) is 6.11. The topological polar surface area (TPSA) is 94.7 Å². The molecule has 10 nitrogen and oxygen atoms in total. The zero-order valence-electron chi connectivity index (χ0n) is 24.2. The van der Waals surface area contributed by atoms with Crippen LogP contribution in [0.3, 0.4) is 0 Å². The maximum Gasteiger partial charge on any atom is 0.334 e. The van der Waals surface area contributed by atoms with Gasteiger partial charge in [-0.25, -0.2) is 9.80 Å². The van der Waals surface area contributed by atoms with Gasteiger partial charge in [-0.05, 0) is 42.0 Å². The van der Waals surface area contributed by atoms with E-state index >= 15 is 0 Å². The zero-order valence-corrected chi connectivity index (χ0v) is 24.2. The van der Waals surface area contributed by atoms with Crippen molar-refractivity contribution in [3.8, 4) is 23.8 Å². The molecule has 0 spiro atoms. The highest BCUT2D eigenvalue weighted by Gasteiger charge is 2.51. The average molecular weight is 562 g/mol. The molecule has 0 bridgehead atoms. The molecule has 2 aromatic rings. The van der Waals surface area contributed by atoms with E-state index < -0.39 is 12.2 Å². The molecule has 2 aliphatic heterocycles. The number of hydrogen-bond donors (Lipinski definition) is 1. The van der Waals surface area contributed by atoms with Crippen molar-refractivity contribution in [2.75, 3.05) is 40.4 Å². The third kappa shape index (κ3) is 6.74. The van der Waals surface area contributed by atoms with E-state index in [-0.39, 0.29) is 43.4 Å². The van der Waals surface area contributed by atoms with Crippen molar-refractivity contribution in [2.24, 2.45) is 5.92 Å². The third-order valence-electron chi connectivity index (χ3n) is 7.41. The summed E-state index contributed by atoms with van der Waals surface area (Å²) < 4.78 is 10.8. The molecule has 41 heavy (non-hydrogen) atoms. The van der Waals surface area contributed by atoms with Gasteiger partial charge in [0.05, 0.1) is 33.9 Å². The van der Waals surface area contributed by atoms with E-state index in [9.17, 15) is 14.4 Å². The van der Waals surface area contributed by atoms with Crippen LogP contribution in [-0.4, -0.2) is 90.3 Å². The van der Waals surface area contributed by atoms with Crippen LogP contribution in [0.25, 0.3) is 0 Å². The molecule has 2 heterocycles. The zero-order chi connectivity index (χ0) is 29.5. The Morgan fingerprint density at radius 2 is 1.80 bits per heavy atom. The molecule has 0 aromatic heterocycles. The number of carbonyl (C=O) groups is 3. The number of ether oxygens (including phenoxy) is 2. The monoisotopic (exact) mass is 561 g/mol. The van der Waals surface area contributed by atoms with Crippen LogP contribution in [-0.2, 0) is 22.6 Å². The van der Waals surface area contributed by atoms with Crippen LogP contribution in [0.15, 0.2) is 48.5 Å². The van der Waals surface area contributed by atoms with E-state index in [0.717, 1.165) is 11.1 Å². The Morgan fingerprint density at radius 3 is 2.46 bits per heavy atom. The summed E-state index contributed by atoms with van der Waals surface area (Å²) in [5.41, 5.74) is 1.92. The van der Waals surface area contributed by atoms with Gasteiger partial charge in [0.1, 0.15) is 12.2 Å². The van der Waals surface area contributed by atoms with Crippen molar-refractivity contribution in [1.82, 2.24) is 25.1 Å². The quantitative estimate of drug-likeness (QED) is 0.449. The molecule has 4 amide bonds. The molecule has 218 valence electrons. The lowest BCUT2D eigenvalue weighted by Gasteiger charge is -2.55. The fourth-order valence-corrected chi connectivity index (χ4v) is 5.47. The maximum absolute atomic E-state index is 13.8. The number of methoxy groups -OCH3 is 2. The highest BCUT2D eigenvalue weighted by atomic mass is 16.5. The Kier molecular flexibility index (Phi) is 9.73. The van der Waals surface area contributed by atoms with Gasteiger partial charge in [-0.1, -0.05) is 56.2 Å². The Bertz CT molecular complexity index is 1280. The number of fused-ring (bicyclic) bond motifs is 1. The number of piperazine rings is 1. The van der Waals surface area contributed by atoms with Gasteiger partial charge < -0.3 is 24.6 Å². The van der Waals surface area contributed by atoms with Crippen molar-refractivity contribution < 1.29 is 23.9 Å². The van der Waals surface area contributed by atoms with Crippen LogP contribution in [0, 0.1) is 18.3 Å². The van der Waals surface area contributed by atoms with Crippen molar-refractivity contribution in [2.45, 2.75) is 45.4 Å². The summed E-state index contributed by atoms with van der Waals surface area (Å²) in [6.45, 7) is 4.96. The molecule has 0 radical (unpaired) electrons. The highest BCUT2D eigenvalue weighted by molar-refractivity contribution is 5.91. The molecule has 4 rings (SSSR count). The summed E-state index contributed by atoms with van der Waals surface area (Å²) in [6.07, 6.45) is 6.01.